The second kappa shape index (κ2) is 6.21. The van der Waals surface area contributed by atoms with Gasteiger partial charge in [-0.2, -0.15) is 4.98 Å². The number of imidazole rings is 1. The third-order valence-corrected chi connectivity index (χ3v) is 3.16. The van der Waals surface area contributed by atoms with Gasteiger partial charge in [0.05, 0.1) is 11.8 Å². The van der Waals surface area contributed by atoms with Crippen molar-refractivity contribution in [1.29, 1.82) is 0 Å². The van der Waals surface area contributed by atoms with Crippen LogP contribution in [0.2, 0.25) is 0 Å². The molecule has 0 aliphatic rings. The van der Waals surface area contributed by atoms with Gasteiger partial charge in [0.2, 0.25) is 5.95 Å². The number of rotatable bonds is 6. The molecular formula is C15H18N6. The van der Waals surface area contributed by atoms with Crippen LogP contribution in [0.25, 0.3) is 10.9 Å². The average Bonchev–Trinajstić information content (AvgIpc) is 3.01. The highest BCUT2D eigenvalue weighted by Gasteiger charge is 2.06. The minimum absolute atomic E-state index is 0.654. The van der Waals surface area contributed by atoms with Crippen molar-refractivity contribution in [2.45, 2.75) is 13.5 Å². The van der Waals surface area contributed by atoms with E-state index in [4.69, 9.17) is 0 Å². The zero-order chi connectivity index (χ0) is 14.5. The number of hydrogen-bond donors (Lipinski definition) is 2. The molecule has 6 nitrogen and oxygen atoms in total. The summed E-state index contributed by atoms with van der Waals surface area (Å²) in [6.45, 7) is 4.45. The van der Waals surface area contributed by atoms with E-state index in [-0.39, 0.29) is 0 Å². The highest BCUT2D eigenvalue weighted by Crippen LogP contribution is 2.21. The third-order valence-electron chi connectivity index (χ3n) is 3.16. The summed E-state index contributed by atoms with van der Waals surface area (Å²) >= 11 is 0. The molecule has 0 fully saturated rings. The van der Waals surface area contributed by atoms with Gasteiger partial charge in [-0.3, -0.25) is 0 Å². The number of para-hydroxylation sites is 1. The Morgan fingerprint density at radius 2 is 2.05 bits per heavy atom. The molecule has 1 aromatic carbocycles. The fourth-order valence-electron chi connectivity index (χ4n) is 2.17. The van der Waals surface area contributed by atoms with Gasteiger partial charge < -0.3 is 15.2 Å². The number of hydrogen-bond acceptors (Lipinski definition) is 5. The third kappa shape index (κ3) is 3.10. The van der Waals surface area contributed by atoms with Crippen molar-refractivity contribution >= 4 is 22.7 Å². The van der Waals surface area contributed by atoms with Crippen molar-refractivity contribution in [3.63, 3.8) is 0 Å². The quantitative estimate of drug-likeness (QED) is 0.726. The smallest absolute Gasteiger partial charge is 0.225 e. The minimum Gasteiger partial charge on any atom is -0.368 e. The van der Waals surface area contributed by atoms with Crippen LogP contribution in [0.15, 0.2) is 43.0 Å². The topological polar surface area (TPSA) is 67.7 Å². The first-order valence-corrected chi connectivity index (χ1v) is 7.07. The van der Waals surface area contributed by atoms with Crippen LogP contribution in [0.3, 0.4) is 0 Å². The molecule has 0 atom stereocenters. The molecule has 2 N–H and O–H groups in total. The maximum Gasteiger partial charge on any atom is 0.225 e. The van der Waals surface area contributed by atoms with Crippen LogP contribution in [0.4, 0.5) is 11.8 Å². The molecule has 0 aliphatic carbocycles. The Balaban J connectivity index is 1.81. The summed E-state index contributed by atoms with van der Waals surface area (Å²) in [6, 6.07) is 8.02. The van der Waals surface area contributed by atoms with Crippen molar-refractivity contribution < 1.29 is 0 Å². The van der Waals surface area contributed by atoms with Crippen LogP contribution < -0.4 is 10.6 Å². The first-order valence-electron chi connectivity index (χ1n) is 7.07. The summed E-state index contributed by atoms with van der Waals surface area (Å²) in [6.07, 6.45) is 5.54. The molecule has 0 spiro atoms. The van der Waals surface area contributed by atoms with Crippen LogP contribution in [-0.2, 0) is 6.54 Å². The molecule has 2 heterocycles. The van der Waals surface area contributed by atoms with Crippen LogP contribution >= 0.6 is 0 Å². The van der Waals surface area contributed by atoms with E-state index in [0.29, 0.717) is 5.95 Å². The Labute approximate surface area is 123 Å². The van der Waals surface area contributed by atoms with E-state index in [1.165, 1.54) is 0 Å². The number of benzene rings is 1. The summed E-state index contributed by atoms with van der Waals surface area (Å²) in [5, 5.41) is 7.58. The number of fused-ring (bicyclic) bond motifs is 1. The summed E-state index contributed by atoms with van der Waals surface area (Å²) in [5.41, 5.74) is 0.939. The molecule has 3 aromatic rings. The van der Waals surface area contributed by atoms with Crippen LogP contribution in [-0.4, -0.2) is 32.6 Å². The van der Waals surface area contributed by atoms with E-state index in [0.717, 1.165) is 36.4 Å². The van der Waals surface area contributed by atoms with Gasteiger partial charge >= 0.3 is 0 Å². The van der Waals surface area contributed by atoms with E-state index in [1.807, 2.05) is 48.3 Å². The summed E-state index contributed by atoms with van der Waals surface area (Å²) in [7, 11) is 0. The van der Waals surface area contributed by atoms with Gasteiger partial charge in [-0.05, 0) is 19.1 Å². The van der Waals surface area contributed by atoms with Gasteiger partial charge in [-0.15, -0.1) is 0 Å². The number of aromatic nitrogens is 4. The largest absolute Gasteiger partial charge is 0.368 e. The predicted molar refractivity (Wildman–Crippen MR) is 84.4 cm³/mol. The lowest BCUT2D eigenvalue weighted by Gasteiger charge is -2.11. The molecule has 0 unspecified atom stereocenters. The fourth-order valence-corrected chi connectivity index (χ4v) is 2.17. The number of nitrogens with one attached hydrogen (secondary N) is 2. The molecule has 6 heteroatoms. The Kier molecular flexibility index (Phi) is 3.95. The fraction of sp³-hybridized carbons (Fsp3) is 0.267. The van der Waals surface area contributed by atoms with Gasteiger partial charge in [0.25, 0.3) is 0 Å². The summed E-state index contributed by atoms with van der Waals surface area (Å²) in [5.74, 6) is 1.51. The zero-order valence-corrected chi connectivity index (χ0v) is 12.0. The summed E-state index contributed by atoms with van der Waals surface area (Å²) in [4.78, 5) is 13.1. The van der Waals surface area contributed by atoms with E-state index in [9.17, 15) is 0 Å². The molecule has 2 aromatic heterocycles. The van der Waals surface area contributed by atoms with E-state index in [1.54, 1.807) is 6.20 Å². The molecule has 0 aliphatic heterocycles. The van der Waals surface area contributed by atoms with Crippen molar-refractivity contribution in [2.24, 2.45) is 0 Å². The normalized spacial score (nSPS) is 10.7. The second-order valence-corrected chi connectivity index (χ2v) is 4.67. The van der Waals surface area contributed by atoms with Crippen LogP contribution in [0.1, 0.15) is 6.92 Å². The standard InChI is InChI=1S/C15H18N6/c1-2-17-15-19-13-6-4-3-5-12(13)14(20-15)18-8-10-21-9-7-16-11-21/h3-7,9,11H,2,8,10H2,1H3,(H2,17,18,19,20). The van der Waals surface area contributed by atoms with Crippen molar-refractivity contribution in [2.75, 3.05) is 23.7 Å². The lowest BCUT2D eigenvalue weighted by atomic mass is 10.2. The molecule has 0 bridgehead atoms. The lowest BCUT2D eigenvalue weighted by molar-refractivity contribution is 0.726. The van der Waals surface area contributed by atoms with Gasteiger partial charge in [0.15, 0.2) is 0 Å². The molecule has 0 saturated heterocycles. The minimum atomic E-state index is 0.654. The monoisotopic (exact) mass is 282 g/mol. The molecular weight excluding hydrogens is 264 g/mol. The lowest BCUT2D eigenvalue weighted by Crippen LogP contribution is -2.12. The van der Waals surface area contributed by atoms with E-state index in [2.05, 4.69) is 25.6 Å². The predicted octanol–water partition coefficient (Wildman–Crippen LogP) is 2.37. The molecule has 0 amide bonds. The highest BCUT2D eigenvalue weighted by molar-refractivity contribution is 5.89. The maximum atomic E-state index is 4.55. The van der Waals surface area contributed by atoms with Gasteiger partial charge in [0, 0.05) is 37.4 Å². The maximum absolute atomic E-state index is 4.55. The Morgan fingerprint density at radius 3 is 2.86 bits per heavy atom. The first kappa shape index (κ1) is 13.4. The molecule has 21 heavy (non-hydrogen) atoms. The van der Waals surface area contributed by atoms with Gasteiger partial charge in [0.1, 0.15) is 5.82 Å². The number of anilines is 2. The van der Waals surface area contributed by atoms with Gasteiger partial charge in [-0.25, -0.2) is 9.97 Å². The SMILES string of the molecule is CCNc1nc(NCCn2ccnc2)c2ccccc2n1. The van der Waals surface area contributed by atoms with Crippen LogP contribution in [0.5, 0.6) is 0 Å². The summed E-state index contributed by atoms with van der Waals surface area (Å²) < 4.78 is 2.03. The first-order chi connectivity index (χ1) is 10.4. The van der Waals surface area contributed by atoms with Crippen molar-refractivity contribution in [3.05, 3.63) is 43.0 Å². The van der Waals surface area contributed by atoms with Crippen molar-refractivity contribution in [3.8, 4) is 0 Å². The van der Waals surface area contributed by atoms with Crippen molar-refractivity contribution in [1.82, 2.24) is 19.5 Å². The molecule has 108 valence electrons. The molecule has 0 radical (unpaired) electrons. The Bertz CT molecular complexity index is 707. The molecule has 3 rings (SSSR count). The highest BCUT2D eigenvalue weighted by atomic mass is 15.1. The van der Waals surface area contributed by atoms with Gasteiger partial charge in [-0.1, -0.05) is 12.1 Å². The van der Waals surface area contributed by atoms with E-state index >= 15 is 0 Å². The molecule has 0 saturated carbocycles. The van der Waals surface area contributed by atoms with E-state index < -0.39 is 0 Å². The Morgan fingerprint density at radius 1 is 1.14 bits per heavy atom. The zero-order valence-electron chi connectivity index (χ0n) is 12.0. The number of nitrogens with zero attached hydrogens (tertiary/aromatic N) is 4. The Hall–Kier alpha value is -2.63. The van der Waals surface area contributed by atoms with Crippen LogP contribution in [0, 0.1) is 0 Å². The second-order valence-electron chi connectivity index (χ2n) is 4.67. The average molecular weight is 282 g/mol.